The fourth-order valence-electron chi connectivity index (χ4n) is 5.30. The van der Waals surface area contributed by atoms with Gasteiger partial charge in [-0.25, -0.2) is 14.4 Å². The Balaban J connectivity index is 2.22. The Morgan fingerprint density at radius 2 is 1.23 bits per heavy atom. The van der Waals surface area contributed by atoms with Crippen molar-refractivity contribution in [3.63, 3.8) is 0 Å². The SMILES string of the molecule is CC(C)CO[C@H](C)[C@H](NC(=O)[C@H](CNC(=O)OC(C)(C)C)NC(=O)c1ccc(-c2ccc(Cl)cc2)cc1)C(=O)N[C@@H](N)C(=O)N[C@@H](CCCCNC(=O)OC(C)(C)C)C(=O)O. The van der Waals surface area contributed by atoms with E-state index >= 15 is 0 Å². The second kappa shape index (κ2) is 24.1. The third kappa shape index (κ3) is 20.1. The zero-order valence-corrected chi connectivity index (χ0v) is 37.1. The summed E-state index contributed by atoms with van der Waals surface area (Å²) in [6.45, 7) is 15.3. The van der Waals surface area contributed by atoms with E-state index < -0.39 is 89.9 Å². The van der Waals surface area contributed by atoms with Gasteiger partial charge in [-0.05, 0) is 109 Å². The molecule has 0 spiro atoms. The number of carbonyl (C=O) groups excluding carboxylic acids is 6. The zero-order chi connectivity index (χ0) is 46.1. The molecule has 2 aromatic carbocycles. The van der Waals surface area contributed by atoms with Crippen molar-refractivity contribution >= 4 is 53.4 Å². The largest absolute Gasteiger partial charge is 0.480 e. The minimum Gasteiger partial charge on any atom is -0.480 e. The van der Waals surface area contributed by atoms with Crippen molar-refractivity contribution < 1.29 is 52.9 Å². The summed E-state index contributed by atoms with van der Waals surface area (Å²) >= 11 is 6.01. The number of amides is 6. The quantitative estimate of drug-likeness (QED) is 0.0657. The maximum Gasteiger partial charge on any atom is 0.407 e. The number of alkyl carbamates (subject to hydrolysis) is 2. The molecular formula is C42H62ClN7O11. The van der Waals surface area contributed by atoms with E-state index in [0.717, 1.165) is 11.1 Å². The standard InChI is InChI=1S/C42H62ClN7O11/c1-24(2)23-59-25(3)32(36(53)50-33(44)37(54)47-30(38(55)56)12-10-11-21-45-39(57)60-41(4,5)6)49-35(52)31(22-46-40(58)61-42(7,8)9)48-34(51)28-15-13-26(14-16-28)27-17-19-29(43)20-18-27/h13-20,24-25,30-33H,10-12,21-23,44H2,1-9H3,(H,45,57)(H,46,58)(H,47,54)(H,48,51)(H,49,52)(H,50,53)(H,55,56)/t25-,30+,31+,32+,33-/m1/s1. The van der Waals surface area contributed by atoms with Crippen molar-refractivity contribution in [3.05, 3.63) is 59.1 Å². The van der Waals surface area contributed by atoms with Crippen LogP contribution in [-0.2, 0) is 33.4 Å². The number of carboxylic acid groups (broad SMARTS) is 1. The lowest BCUT2D eigenvalue weighted by Gasteiger charge is -2.29. The van der Waals surface area contributed by atoms with Crippen molar-refractivity contribution in [2.45, 2.75) is 123 Å². The van der Waals surface area contributed by atoms with E-state index in [2.05, 4.69) is 31.9 Å². The molecule has 9 N–H and O–H groups in total. The van der Waals surface area contributed by atoms with Crippen LogP contribution in [0.5, 0.6) is 0 Å². The number of rotatable bonds is 21. The van der Waals surface area contributed by atoms with Crippen LogP contribution in [0.15, 0.2) is 48.5 Å². The molecule has 0 aliphatic heterocycles. The molecule has 6 amide bonds. The highest BCUT2D eigenvalue weighted by Crippen LogP contribution is 2.22. The lowest BCUT2D eigenvalue weighted by molar-refractivity contribution is -0.142. The van der Waals surface area contributed by atoms with E-state index in [-0.39, 0.29) is 31.1 Å². The first kappa shape index (κ1) is 51.7. The average molecular weight is 876 g/mol. The summed E-state index contributed by atoms with van der Waals surface area (Å²) < 4.78 is 16.3. The van der Waals surface area contributed by atoms with Crippen molar-refractivity contribution in [2.75, 3.05) is 19.7 Å². The van der Waals surface area contributed by atoms with Crippen LogP contribution in [0.3, 0.4) is 0 Å². The third-order valence-corrected chi connectivity index (χ3v) is 8.57. The number of carboxylic acids is 1. The highest BCUT2D eigenvalue weighted by molar-refractivity contribution is 6.30. The number of halogens is 1. The average Bonchev–Trinajstić information content (AvgIpc) is 3.15. The van der Waals surface area contributed by atoms with Gasteiger partial charge in [0.05, 0.1) is 12.6 Å². The van der Waals surface area contributed by atoms with Gasteiger partial charge < -0.3 is 57.0 Å². The number of unbranched alkanes of at least 4 members (excludes halogenated alkanes) is 1. The Labute approximate surface area is 362 Å². The molecule has 0 fully saturated rings. The maximum atomic E-state index is 13.9. The van der Waals surface area contributed by atoms with Gasteiger partial charge in [0, 0.05) is 23.7 Å². The Kier molecular flexibility index (Phi) is 20.4. The first-order valence-corrected chi connectivity index (χ1v) is 20.3. The Hall–Kier alpha value is -5.46. The van der Waals surface area contributed by atoms with Gasteiger partial charge >= 0.3 is 18.2 Å². The molecule has 0 saturated carbocycles. The van der Waals surface area contributed by atoms with Crippen molar-refractivity contribution in [1.82, 2.24) is 31.9 Å². The van der Waals surface area contributed by atoms with E-state index in [0.29, 0.717) is 17.9 Å². The highest BCUT2D eigenvalue weighted by Gasteiger charge is 2.34. The number of hydrogen-bond donors (Lipinski definition) is 8. The molecule has 0 aromatic heterocycles. The summed E-state index contributed by atoms with van der Waals surface area (Å²) in [7, 11) is 0. The second-order valence-electron chi connectivity index (χ2n) is 16.7. The molecule has 0 heterocycles. The van der Waals surface area contributed by atoms with Gasteiger partial charge in [0.15, 0.2) is 6.17 Å². The van der Waals surface area contributed by atoms with Gasteiger partial charge in [-0.1, -0.05) is 49.7 Å². The summed E-state index contributed by atoms with van der Waals surface area (Å²) in [5, 5.41) is 25.1. The van der Waals surface area contributed by atoms with Crippen molar-refractivity contribution in [1.29, 1.82) is 0 Å². The molecular weight excluding hydrogens is 814 g/mol. The minimum atomic E-state index is -1.76. The minimum absolute atomic E-state index is 0.0204. The molecule has 0 aliphatic rings. The summed E-state index contributed by atoms with van der Waals surface area (Å²) in [5.74, 6) is -4.90. The van der Waals surface area contributed by atoms with Crippen LogP contribution in [0.1, 0.15) is 91.9 Å². The van der Waals surface area contributed by atoms with E-state index in [1.165, 1.54) is 6.92 Å². The van der Waals surface area contributed by atoms with Crippen LogP contribution in [0.2, 0.25) is 5.02 Å². The number of nitrogens with two attached hydrogens (primary N) is 1. The number of ether oxygens (including phenoxy) is 3. The topological polar surface area (TPSA) is 266 Å². The summed E-state index contributed by atoms with van der Waals surface area (Å²) in [6.07, 6.45) is -3.62. The fourth-order valence-corrected chi connectivity index (χ4v) is 5.43. The van der Waals surface area contributed by atoms with Gasteiger partial charge in [-0.2, -0.15) is 0 Å². The lowest BCUT2D eigenvalue weighted by atomic mass is 10.0. The first-order valence-electron chi connectivity index (χ1n) is 20.0. The monoisotopic (exact) mass is 875 g/mol. The van der Waals surface area contributed by atoms with Crippen molar-refractivity contribution in [2.24, 2.45) is 11.7 Å². The Morgan fingerprint density at radius 3 is 1.75 bits per heavy atom. The van der Waals surface area contributed by atoms with Gasteiger partial charge in [0.1, 0.15) is 29.3 Å². The summed E-state index contributed by atoms with van der Waals surface area (Å²) in [6, 6.07) is 9.31. The third-order valence-electron chi connectivity index (χ3n) is 8.32. The van der Waals surface area contributed by atoms with Gasteiger partial charge in [0.25, 0.3) is 11.8 Å². The Bertz CT molecular complexity index is 1800. The van der Waals surface area contributed by atoms with Gasteiger partial charge in [-0.15, -0.1) is 0 Å². The molecule has 18 nitrogen and oxygen atoms in total. The molecule has 0 saturated heterocycles. The first-order chi connectivity index (χ1) is 28.3. The number of nitrogens with one attached hydrogen (secondary N) is 6. The normalized spacial score (nSPS) is 14.0. The van der Waals surface area contributed by atoms with Crippen LogP contribution in [0.4, 0.5) is 9.59 Å². The van der Waals surface area contributed by atoms with Crippen LogP contribution in [-0.4, -0.2) is 108 Å². The molecule has 338 valence electrons. The second-order valence-corrected chi connectivity index (χ2v) is 17.2. The molecule has 2 rings (SSSR count). The predicted molar refractivity (Wildman–Crippen MR) is 228 cm³/mol. The molecule has 0 unspecified atom stereocenters. The van der Waals surface area contributed by atoms with Crippen LogP contribution < -0.4 is 37.6 Å². The molecule has 5 atom stereocenters. The lowest BCUT2D eigenvalue weighted by Crippen LogP contribution is -2.63. The van der Waals surface area contributed by atoms with Crippen LogP contribution in [0.25, 0.3) is 11.1 Å². The van der Waals surface area contributed by atoms with Gasteiger partial charge in [-0.3, -0.25) is 19.2 Å². The molecule has 0 aliphatic carbocycles. The fraction of sp³-hybridized carbons (Fsp3) is 0.548. The van der Waals surface area contributed by atoms with Gasteiger partial charge in [0.2, 0.25) is 11.8 Å². The number of carbonyl (C=O) groups is 7. The number of aliphatic carboxylic acids is 1. The smallest absolute Gasteiger partial charge is 0.407 e. The van der Waals surface area contributed by atoms with Crippen LogP contribution >= 0.6 is 11.6 Å². The van der Waals surface area contributed by atoms with E-state index in [9.17, 15) is 38.7 Å². The Morgan fingerprint density at radius 1 is 0.689 bits per heavy atom. The van der Waals surface area contributed by atoms with E-state index in [4.69, 9.17) is 31.5 Å². The summed E-state index contributed by atoms with van der Waals surface area (Å²) in [4.78, 5) is 90.7. The number of benzene rings is 2. The molecule has 19 heteroatoms. The molecule has 2 aromatic rings. The highest BCUT2D eigenvalue weighted by atomic mass is 35.5. The van der Waals surface area contributed by atoms with Crippen LogP contribution in [0, 0.1) is 5.92 Å². The van der Waals surface area contributed by atoms with E-state index in [1.54, 1.807) is 77.9 Å². The maximum absolute atomic E-state index is 13.9. The predicted octanol–water partition coefficient (Wildman–Crippen LogP) is 3.84. The number of hydrogen-bond acceptors (Lipinski definition) is 11. The van der Waals surface area contributed by atoms with E-state index in [1.807, 2.05) is 26.0 Å². The molecule has 0 bridgehead atoms. The zero-order valence-electron chi connectivity index (χ0n) is 36.3. The molecule has 61 heavy (non-hydrogen) atoms. The summed E-state index contributed by atoms with van der Waals surface area (Å²) in [5.41, 5.74) is 6.30. The van der Waals surface area contributed by atoms with Crippen molar-refractivity contribution in [3.8, 4) is 11.1 Å². The molecule has 0 radical (unpaired) electrons.